The number of benzene rings is 1. The van der Waals surface area contributed by atoms with E-state index in [1.54, 1.807) is 13.1 Å². The molecule has 0 saturated carbocycles. The van der Waals surface area contributed by atoms with Crippen LogP contribution in [0.3, 0.4) is 0 Å². The molecular formula is C13H11F3N2O2. The zero-order chi connectivity index (χ0) is 14.3. The summed E-state index contributed by atoms with van der Waals surface area (Å²) in [6, 6.07) is 4.82. The highest BCUT2D eigenvalue weighted by molar-refractivity contribution is 5.47. The van der Waals surface area contributed by atoms with Crippen LogP contribution >= 0.6 is 0 Å². The summed E-state index contributed by atoms with van der Waals surface area (Å²) in [7, 11) is 0. The number of hydrogen-bond donors (Lipinski definition) is 1. The lowest BCUT2D eigenvalue weighted by Crippen LogP contribution is -2.07. The van der Waals surface area contributed by atoms with Crippen molar-refractivity contribution in [2.45, 2.75) is 25.4 Å². The van der Waals surface area contributed by atoms with Gasteiger partial charge >= 0.3 is 6.18 Å². The number of aromatic nitrogens is 1. The third kappa shape index (κ3) is 2.49. The fourth-order valence-corrected chi connectivity index (χ4v) is 1.96. The van der Waals surface area contributed by atoms with Gasteiger partial charge in [0.05, 0.1) is 11.8 Å². The average molecular weight is 284 g/mol. The molecule has 0 radical (unpaired) electrons. The molecule has 2 heterocycles. The minimum atomic E-state index is -4.32. The number of hydrogen-bond acceptors (Lipinski definition) is 4. The molecule has 7 heteroatoms. The molecule has 1 aliphatic heterocycles. The number of nitrogens with zero attached hydrogens (tertiary/aromatic N) is 1. The first-order valence-electron chi connectivity index (χ1n) is 5.95. The Hall–Kier alpha value is -2.02. The molecule has 0 amide bonds. The maximum absolute atomic E-state index is 12.4. The number of halogens is 3. The van der Waals surface area contributed by atoms with Gasteiger partial charge in [-0.05, 0) is 31.2 Å². The maximum atomic E-state index is 12.4. The van der Waals surface area contributed by atoms with E-state index in [1.807, 2.05) is 0 Å². The Morgan fingerprint density at radius 3 is 2.45 bits per heavy atom. The zero-order valence-corrected chi connectivity index (χ0v) is 10.4. The number of ether oxygens (including phenoxy) is 1. The van der Waals surface area contributed by atoms with Crippen LogP contribution in [0.2, 0.25) is 0 Å². The highest BCUT2D eigenvalue weighted by Gasteiger charge is 2.42. The normalized spacial score (nSPS) is 21.8. The summed E-state index contributed by atoms with van der Waals surface area (Å²) >= 11 is 0. The Morgan fingerprint density at radius 1 is 1.20 bits per heavy atom. The summed E-state index contributed by atoms with van der Waals surface area (Å²) in [5.41, 5.74) is 0.736. The van der Waals surface area contributed by atoms with Crippen molar-refractivity contribution in [3.63, 3.8) is 0 Å². The molecule has 106 valence electrons. The van der Waals surface area contributed by atoms with Crippen molar-refractivity contribution in [3.8, 4) is 0 Å². The van der Waals surface area contributed by atoms with Crippen molar-refractivity contribution in [2.24, 2.45) is 0 Å². The SMILES string of the molecule is Cc1oncc1C1OC1Nc1ccc(C(F)(F)F)cc1. The smallest absolute Gasteiger partial charge is 0.361 e. The van der Waals surface area contributed by atoms with Crippen LogP contribution in [-0.2, 0) is 10.9 Å². The van der Waals surface area contributed by atoms with E-state index in [-0.39, 0.29) is 12.3 Å². The first kappa shape index (κ1) is 13.0. The monoisotopic (exact) mass is 284 g/mol. The molecule has 2 aromatic rings. The minimum absolute atomic E-state index is 0.177. The van der Waals surface area contributed by atoms with Gasteiger partial charge in [0.1, 0.15) is 11.9 Å². The second kappa shape index (κ2) is 4.52. The number of epoxide rings is 1. The van der Waals surface area contributed by atoms with Crippen LogP contribution in [0, 0.1) is 6.92 Å². The van der Waals surface area contributed by atoms with Crippen molar-refractivity contribution < 1.29 is 22.4 Å². The van der Waals surface area contributed by atoms with Gasteiger partial charge in [-0.2, -0.15) is 13.2 Å². The van der Waals surface area contributed by atoms with Gasteiger partial charge in [-0.25, -0.2) is 0 Å². The molecule has 2 atom stereocenters. The van der Waals surface area contributed by atoms with Gasteiger partial charge in [0, 0.05) is 11.3 Å². The number of nitrogens with one attached hydrogen (secondary N) is 1. The van der Waals surface area contributed by atoms with Gasteiger partial charge < -0.3 is 14.6 Å². The van der Waals surface area contributed by atoms with E-state index in [4.69, 9.17) is 9.26 Å². The van der Waals surface area contributed by atoms with Gasteiger partial charge in [-0.3, -0.25) is 0 Å². The van der Waals surface area contributed by atoms with Crippen LogP contribution in [0.1, 0.15) is 23.0 Å². The molecule has 0 spiro atoms. The lowest BCUT2D eigenvalue weighted by molar-refractivity contribution is -0.137. The van der Waals surface area contributed by atoms with E-state index in [2.05, 4.69) is 10.5 Å². The lowest BCUT2D eigenvalue weighted by Gasteiger charge is -2.08. The second-order valence-electron chi connectivity index (χ2n) is 4.53. The quantitative estimate of drug-likeness (QED) is 0.876. The Bertz CT molecular complexity index is 607. The molecule has 1 aliphatic rings. The first-order valence-corrected chi connectivity index (χ1v) is 5.95. The highest BCUT2D eigenvalue weighted by Crippen LogP contribution is 2.40. The van der Waals surface area contributed by atoms with Gasteiger partial charge in [0.15, 0.2) is 6.23 Å². The van der Waals surface area contributed by atoms with E-state index in [0.717, 1.165) is 17.7 Å². The molecule has 3 rings (SSSR count). The van der Waals surface area contributed by atoms with Crippen LogP contribution in [0.15, 0.2) is 35.0 Å². The van der Waals surface area contributed by atoms with Crippen LogP contribution in [0.5, 0.6) is 0 Å². The van der Waals surface area contributed by atoms with E-state index >= 15 is 0 Å². The predicted molar refractivity (Wildman–Crippen MR) is 63.9 cm³/mol. The van der Waals surface area contributed by atoms with E-state index in [9.17, 15) is 13.2 Å². The van der Waals surface area contributed by atoms with Crippen molar-refractivity contribution in [3.05, 3.63) is 47.3 Å². The van der Waals surface area contributed by atoms with E-state index in [1.165, 1.54) is 12.1 Å². The third-order valence-electron chi connectivity index (χ3n) is 3.11. The van der Waals surface area contributed by atoms with Crippen molar-refractivity contribution in [1.29, 1.82) is 0 Å². The van der Waals surface area contributed by atoms with Gasteiger partial charge in [-0.15, -0.1) is 0 Å². The minimum Gasteiger partial charge on any atom is -0.361 e. The summed E-state index contributed by atoms with van der Waals surface area (Å²) in [5, 5.41) is 6.66. The largest absolute Gasteiger partial charge is 0.416 e. The third-order valence-corrected chi connectivity index (χ3v) is 3.11. The lowest BCUT2D eigenvalue weighted by atomic mass is 10.2. The Balaban J connectivity index is 1.64. The predicted octanol–water partition coefficient (Wildman–Crippen LogP) is 3.51. The fourth-order valence-electron chi connectivity index (χ4n) is 1.96. The number of alkyl halides is 3. The maximum Gasteiger partial charge on any atom is 0.416 e. The molecule has 2 unspecified atom stereocenters. The topological polar surface area (TPSA) is 50.6 Å². The number of rotatable bonds is 3. The number of anilines is 1. The van der Waals surface area contributed by atoms with Crippen molar-refractivity contribution in [2.75, 3.05) is 5.32 Å². The van der Waals surface area contributed by atoms with Gasteiger partial charge in [0.25, 0.3) is 0 Å². The Morgan fingerprint density at radius 2 is 1.90 bits per heavy atom. The van der Waals surface area contributed by atoms with Crippen molar-refractivity contribution in [1.82, 2.24) is 5.16 Å². The molecule has 1 saturated heterocycles. The zero-order valence-electron chi connectivity index (χ0n) is 10.4. The van der Waals surface area contributed by atoms with E-state index in [0.29, 0.717) is 11.4 Å². The molecular weight excluding hydrogens is 273 g/mol. The molecule has 0 bridgehead atoms. The summed E-state index contributed by atoms with van der Waals surface area (Å²) in [6.07, 6.45) is -3.20. The second-order valence-corrected chi connectivity index (χ2v) is 4.53. The molecule has 1 N–H and O–H groups in total. The Labute approximate surface area is 112 Å². The first-order chi connectivity index (χ1) is 9.45. The van der Waals surface area contributed by atoms with Crippen LogP contribution in [0.25, 0.3) is 0 Å². The average Bonchev–Trinajstić information content (AvgIpc) is 3.00. The van der Waals surface area contributed by atoms with Crippen LogP contribution in [-0.4, -0.2) is 11.4 Å². The van der Waals surface area contributed by atoms with Crippen LogP contribution < -0.4 is 5.32 Å². The molecule has 1 aromatic heterocycles. The van der Waals surface area contributed by atoms with Gasteiger partial charge in [-0.1, -0.05) is 5.16 Å². The standard InChI is InChI=1S/C13H11F3N2O2/c1-7-10(6-17-20-7)11-12(19-11)18-9-4-2-8(3-5-9)13(14,15)16/h2-6,11-12,18H,1H3. The van der Waals surface area contributed by atoms with Gasteiger partial charge in [0.2, 0.25) is 0 Å². The summed E-state index contributed by atoms with van der Waals surface area (Å²) < 4.78 is 47.6. The fraction of sp³-hybridized carbons (Fsp3) is 0.308. The van der Waals surface area contributed by atoms with E-state index < -0.39 is 11.7 Å². The molecule has 1 aromatic carbocycles. The summed E-state index contributed by atoms with van der Waals surface area (Å²) in [4.78, 5) is 0. The summed E-state index contributed by atoms with van der Waals surface area (Å²) in [6.45, 7) is 1.78. The molecule has 1 fully saturated rings. The highest BCUT2D eigenvalue weighted by atomic mass is 19.4. The number of aryl methyl sites for hydroxylation is 1. The molecule has 20 heavy (non-hydrogen) atoms. The molecule has 4 nitrogen and oxygen atoms in total. The molecule has 0 aliphatic carbocycles. The van der Waals surface area contributed by atoms with Crippen LogP contribution in [0.4, 0.5) is 18.9 Å². The Kier molecular flexibility index (Phi) is 2.93. The summed E-state index contributed by atoms with van der Waals surface area (Å²) in [5.74, 6) is 0.673. The van der Waals surface area contributed by atoms with Crippen molar-refractivity contribution >= 4 is 5.69 Å².